The number of esters is 1. The van der Waals surface area contributed by atoms with E-state index in [0.717, 1.165) is 17.1 Å². The first-order chi connectivity index (χ1) is 14.3. The van der Waals surface area contributed by atoms with E-state index in [1.165, 1.54) is 19.1 Å². The van der Waals surface area contributed by atoms with E-state index in [0.29, 0.717) is 16.8 Å². The van der Waals surface area contributed by atoms with Crippen molar-refractivity contribution in [2.75, 3.05) is 5.32 Å². The van der Waals surface area contributed by atoms with Gasteiger partial charge < -0.3 is 20.4 Å². The first-order valence-electron chi connectivity index (χ1n) is 9.43. The van der Waals surface area contributed by atoms with E-state index in [1.54, 1.807) is 24.3 Å². The molecule has 0 unspecified atom stereocenters. The monoisotopic (exact) mass is 405 g/mol. The second kappa shape index (κ2) is 8.65. The van der Waals surface area contributed by atoms with Gasteiger partial charge in [-0.1, -0.05) is 0 Å². The highest BCUT2D eigenvalue weighted by Crippen LogP contribution is 2.18. The highest BCUT2D eigenvalue weighted by Gasteiger charge is 2.19. The lowest BCUT2D eigenvalue weighted by molar-refractivity contribution is -0.123. The quantitative estimate of drug-likeness (QED) is 0.614. The topological polar surface area (TPSA) is 103 Å². The molecule has 154 valence electrons. The maximum atomic E-state index is 12.4. The third-order valence-electron chi connectivity index (χ3n) is 4.72. The maximum Gasteiger partial charge on any atom is 0.338 e. The Bertz CT molecular complexity index is 1060. The first-order valence-corrected chi connectivity index (χ1v) is 9.43. The Morgan fingerprint density at radius 1 is 0.867 bits per heavy atom. The van der Waals surface area contributed by atoms with E-state index in [9.17, 15) is 14.4 Å². The summed E-state index contributed by atoms with van der Waals surface area (Å²) in [4.78, 5) is 35.8. The highest BCUT2D eigenvalue weighted by atomic mass is 16.5. The minimum Gasteiger partial charge on any atom is -0.449 e. The van der Waals surface area contributed by atoms with Crippen molar-refractivity contribution in [3.8, 4) is 5.69 Å². The van der Waals surface area contributed by atoms with E-state index in [4.69, 9.17) is 10.5 Å². The molecule has 7 nitrogen and oxygen atoms in total. The van der Waals surface area contributed by atoms with Gasteiger partial charge >= 0.3 is 5.97 Å². The summed E-state index contributed by atoms with van der Waals surface area (Å²) in [6.45, 7) is 5.51. The Morgan fingerprint density at radius 3 is 1.93 bits per heavy atom. The van der Waals surface area contributed by atoms with Crippen molar-refractivity contribution < 1.29 is 19.1 Å². The van der Waals surface area contributed by atoms with Crippen LogP contribution >= 0.6 is 0 Å². The highest BCUT2D eigenvalue weighted by molar-refractivity contribution is 5.98. The van der Waals surface area contributed by atoms with Gasteiger partial charge in [-0.05, 0) is 81.4 Å². The number of benzene rings is 2. The molecule has 0 bridgehead atoms. The molecule has 3 aromatic rings. The smallest absolute Gasteiger partial charge is 0.338 e. The minimum atomic E-state index is -0.998. The second-order valence-corrected chi connectivity index (χ2v) is 6.98. The molecule has 1 atom stereocenters. The maximum absolute atomic E-state index is 12.4. The number of amides is 2. The molecule has 0 saturated carbocycles. The van der Waals surface area contributed by atoms with Crippen LogP contribution in [0.2, 0.25) is 0 Å². The summed E-state index contributed by atoms with van der Waals surface area (Å²) in [6, 6.07) is 17.2. The molecular formula is C23H23N3O4. The van der Waals surface area contributed by atoms with E-state index in [2.05, 4.69) is 9.88 Å². The Labute approximate surface area is 174 Å². The van der Waals surface area contributed by atoms with Crippen molar-refractivity contribution in [3.63, 3.8) is 0 Å². The summed E-state index contributed by atoms with van der Waals surface area (Å²) in [7, 11) is 0. The molecule has 0 aliphatic heterocycles. The Hall–Kier alpha value is -3.87. The van der Waals surface area contributed by atoms with E-state index >= 15 is 0 Å². The van der Waals surface area contributed by atoms with Crippen LogP contribution in [0.25, 0.3) is 5.69 Å². The Kier molecular flexibility index (Phi) is 6.01. The number of carbonyl (C=O) groups excluding carboxylic acids is 3. The second-order valence-electron chi connectivity index (χ2n) is 6.98. The predicted molar refractivity (Wildman–Crippen MR) is 114 cm³/mol. The molecule has 0 radical (unpaired) electrons. The molecule has 30 heavy (non-hydrogen) atoms. The third-order valence-corrected chi connectivity index (χ3v) is 4.72. The van der Waals surface area contributed by atoms with Gasteiger partial charge in [0.1, 0.15) is 0 Å². The molecule has 0 fully saturated rings. The number of primary amides is 1. The molecular weight excluding hydrogens is 382 g/mol. The number of rotatable bonds is 6. The minimum absolute atomic E-state index is 0.334. The molecule has 0 aliphatic rings. The number of anilines is 1. The molecule has 1 heterocycles. The molecule has 0 saturated heterocycles. The predicted octanol–water partition coefficient (Wildman–Crippen LogP) is 3.38. The van der Waals surface area contributed by atoms with Crippen molar-refractivity contribution in [3.05, 3.63) is 83.2 Å². The van der Waals surface area contributed by atoms with Crippen LogP contribution in [0.4, 0.5) is 5.69 Å². The molecule has 0 aliphatic carbocycles. The number of nitrogens with zero attached hydrogens (tertiary/aromatic N) is 1. The number of nitrogens with two attached hydrogens (primary N) is 1. The van der Waals surface area contributed by atoms with Crippen LogP contribution in [-0.2, 0) is 9.53 Å². The van der Waals surface area contributed by atoms with Crippen LogP contribution in [0.1, 0.15) is 39.0 Å². The summed E-state index contributed by atoms with van der Waals surface area (Å²) < 4.78 is 7.36. The first kappa shape index (κ1) is 20.9. The summed E-state index contributed by atoms with van der Waals surface area (Å²) in [5.74, 6) is -1.62. The van der Waals surface area contributed by atoms with Crippen molar-refractivity contribution >= 4 is 23.5 Å². The standard InChI is InChI=1S/C23H23N3O4/c1-14-4-5-15(2)26(14)20-12-8-18(9-13-20)23(29)30-16(3)22(28)25-19-10-6-17(7-11-19)21(24)27/h4-13,16H,1-3H3,(H2,24,27)(H,25,28)/t16-/m1/s1. The van der Waals surface area contributed by atoms with Gasteiger partial charge in [0, 0.05) is 28.3 Å². The zero-order valence-corrected chi connectivity index (χ0v) is 17.0. The van der Waals surface area contributed by atoms with Gasteiger partial charge in [0.2, 0.25) is 5.91 Å². The molecule has 0 spiro atoms. The number of ether oxygens (including phenoxy) is 1. The van der Waals surface area contributed by atoms with Crippen LogP contribution in [-0.4, -0.2) is 28.5 Å². The average molecular weight is 405 g/mol. The molecule has 2 amide bonds. The lowest BCUT2D eigenvalue weighted by Crippen LogP contribution is -2.30. The lowest BCUT2D eigenvalue weighted by Gasteiger charge is -2.14. The van der Waals surface area contributed by atoms with Gasteiger partial charge in [-0.3, -0.25) is 9.59 Å². The summed E-state index contributed by atoms with van der Waals surface area (Å²) in [6.07, 6.45) is -0.998. The zero-order valence-electron chi connectivity index (χ0n) is 17.0. The number of hydrogen-bond acceptors (Lipinski definition) is 4. The molecule has 2 aromatic carbocycles. The lowest BCUT2D eigenvalue weighted by atomic mass is 10.2. The van der Waals surface area contributed by atoms with Gasteiger partial charge in [-0.15, -0.1) is 0 Å². The molecule has 3 N–H and O–H groups in total. The van der Waals surface area contributed by atoms with E-state index in [-0.39, 0.29) is 0 Å². The SMILES string of the molecule is Cc1ccc(C)n1-c1ccc(C(=O)O[C@H](C)C(=O)Nc2ccc(C(N)=O)cc2)cc1. The Balaban J connectivity index is 1.62. The normalized spacial score (nSPS) is 11.6. The van der Waals surface area contributed by atoms with E-state index in [1.807, 2.05) is 38.1 Å². The van der Waals surface area contributed by atoms with E-state index < -0.39 is 23.9 Å². The van der Waals surface area contributed by atoms with Crippen molar-refractivity contribution in [2.24, 2.45) is 5.73 Å². The summed E-state index contributed by atoms with van der Waals surface area (Å²) in [5, 5.41) is 2.63. The third kappa shape index (κ3) is 4.57. The van der Waals surface area contributed by atoms with Crippen LogP contribution in [0.3, 0.4) is 0 Å². The number of carbonyl (C=O) groups is 3. The number of aromatic nitrogens is 1. The van der Waals surface area contributed by atoms with Crippen molar-refractivity contribution in [1.82, 2.24) is 4.57 Å². The van der Waals surface area contributed by atoms with Gasteiger partial charge in [0.15, 0.2) is 6.10 Å². The Morgan fingerprint density at radius 2 is 1.40 bits per heavy atom. The van der Waals surface area contributed by atoms with Crippen molar-refractivity contribution in [1.29, 1.82) is 0 Å². The fourth-order valence-electron chi connectivity index (χ4n) is 3.07. The number of nitrogens with one attached hydrogen (secondary N) is 1. The van der Waals surface area contributed by atoms with Gasteiger partial charge in [0.05, 0.1) is 5.56 Å². The molecule has 7 heteroatoms. The van der Waals surface area contributed by atoms with Gasteiger partial charge in [0.25, 0.3) is 5.91 Å². The van der Waals surface area contributed by atoms with Crippen LogP contribution < -0.4 is 11.1 Å². The van der Waals surface area contributed by atoms with Crippen LogP contribution in [0, 0.1) is 13.8 Å². The van der Waals surface area contributed by atoms with Crippen LogP contribution in [0.5, 0.6) is 0 Å². The largest absolute Gasteiger partial charge is 0.449 e. The number of hydrogen-bond donors (Lipinski definition) is 2. The average Bonchev–Trinajstić information content (AvgIpc) is 3.06. The van der Waals surface area contributed by atoms with Gasteiger partial charge in [-0.2, -0.15) is 0 Å². The fourth-order valence-corrected chi connectivity index (χ4v) is 3.07. The molecule has 3 rings (SSSR count). The summed E-state index contributed by atoms with van der Waals surface area (Å²) in [5.41, 5.74) is 9.48. The van der Waals surface area contributed by atoms with Gasteiger partial charge in [-0.25, -0.2) is 4.79 Å². The zero-order chi connectivity index (χ0) is 21.8. The summed E-state index contributed by atoms with van der Waals surface area (Å²) >= 11 is 0. The number of aryl methyl sites for hydroxylation is 2. The van der Waals surface area contributed by atoms with Crippen molar-refractivity contribution in [2.45, 2.75) is 26.9 Å². The van der Waals surface area contributed by atoms with Crippen LogP contribution in [0.15, 0.2) is 60.7 Å². The molecule has 1 aromatic heterocycles. The fraction of sp³-hybridized carbons (Fsp3) is 0.174.